The zero-order chi connectivity index (χ0) is 25.0. The topological polar surface area (TPSA) is 117 Å². The number of nitrogens with one attached hydrogen (secondary N) is 1. The number of carbonyl (C=O) groups excluding carboxylic acids is 2. The standard InChI is InChI=1S/C22H23F3N4O5/c1-28-19(26)18(20(31)29(21(28)32)12-13-6-8-15(33-2)9-7-13)27-17(30)11-14-4-3-5-16(10-14)34-22(23,24)25/h3-10,21,32H,11-12,26H2,1-2H3,(H,27,30). The van der Waals surface area contributed by atoms with Crippen molar-refractivity contribution in [2.24, 2.45) is 5.73 Å². The molecule has 182 valence electrons. The zero-order valence-corrected chi connectivity index (χ0v) is 18.3. The molecule has 0 fully saturated rings. The molecule has 0 spiro atoms. The van der Waals surface area contributed by atoms with E-state index in [4.69, 9.17) is 10.5 Å². The summed E-state index contributed by atoms with van der Waals surface area (Å²) in [6, 6.07) is 11.8. The number of amides is 2. The zero-order valence-electron chi connectivity index (χ0n) is 18.3. The number of methoxy groups -OCH3 is 1. The molecule has 0 radical (unpaired) electrons. The molecule has 2 aromatic carbocycles. The quantitative estimate of drug-likeness (QED) is 0.552. The van der Waals surface area contributed by atoms with E-state index in [0.717, 1.165) is 17.0 Å². The summed E-state index contributed by atoms with van der Waals surface area (Å²) in [6.45, 7) is 0.0117. The van der Waals surface area contributed by atoms with Crippen LogP contribution in [0.3, 0.4) is 0 Å². The minimum Gasteiger partial charge on any atom is -0.497 e. The fourth-order valence-electron chi connectivity index (χ4n) is 3.29. The van der Waals surface area contributed by atoms with E-state index >= 15 is 0 Å². The van der Waals surface area contributed by atoms with Crippen molar-refractivity contribution < 1.29 is 37.3 Å². The second-order valence-corrected chi connectivity index (χ2v) is 7.42. The summed E-state index contributed by atoms with van der Waals surface area (Å²) in [5.74, 6) is -1.43. The van der Waals surface area contributed by atoms with Gasteiger partial charge in [-0.2, -0.15) is 0 Å². The van der Waals surface area contributed by atoms with Crippen molar-refractivity contribution in [1.82, 2.24) is 15.1 Å². The van der Waals surface area contributed by atoms with Crippen LogP contribution in [0.2, 0.25) is 0 Å². The second-order valence-electron chi connectivity index (χ2n) is 7.42. The number of hydrogen-bond donors (Lipinski definition) is 3. The Bertz CT molecular complexity index is 1090. The van der Waals surface area contributed by atoms with Gasteiger partial charge in [0.1, 0.15) is 23.0 Å². The summed E-state index contributed by atoms with van der Waals surface area (Å²) in [6.07, 6.45) is -6.59. The molecule has 3 rings (SSSR count). The summed E-state index contributed by atoms with van der Waals surface area (Å²) in [5, 5.41) is 12.9. The maximum atomic E-state index is 13.0. The van der Waals surface area contributed by atoms with E-state index < -0.39 is 30.3 Å². The molecular formula is C22H23F3N4O5. The molecule has 12 heteroatoms. The third-order valence-corrected chi connectivity index (χ3v) is 5.01. The van der Waals surface area contributed by atoms with E-state index in [-0.39, 0.29) is 30.0 Å². The first-order chi connectivity index (χ1) is 16.0. The summed E-state index contributed by atoms with van der Waals surface area (Å²) < 4.78 is 46.3. The fraction of sp³-hybridized carbons (Fsp3) is 0.273. The Morgan fingerprint density at radius 1 is 1.15 bits per heavy atom. The van der Waals surface area contributed by atoms with E-state index in [1.165, 1.54) is 31.2 Å². The average Bonchev–Trinajstić information content (AvgIpc) is 2.78. The number of nitrogens with zero attached hydrogens (tertiary/aromatic N) is 2. The Labute approximate surface area is 193 Å². The maximum absolute atomic E-state index is 13.0. The number of ether oxygens (including phenoxy) is 2. The van der Waals surface area contributed by atoms with Gasteiger partial charge in [0.15, 0.2) is 0 Å². The van der Waals surface area contributed by atoms with E-state index in [9.17, 15) is 27.9 Å². The van der Waals surface area contributed by atoms with Crippen LogP contribution in [0.1, 0.15) is 11.1 Å². The Balaban J connectivity index is 1.74. The monoisotopic (exact) mass is 480 g/mol. The molecular weight excluding hydrogens is 457 g/mol. The normalized spacial score (nSPS) is 16.5. The molecule has 2 amide bonds. The number of halogens is 3. The van der Waals surface area contributed by atoms with Crippen LogP contribution in [0.4, 0.5) is 13.2 Å². The van der Waals surface area contributed by atoms with Gasteiger partial charge in [-0.3, -0.25) is 14.5 Å². The lowest BCUT2D eigenvalue weighted by atomic mass is 10.1. The molecule has 4 N–H and O–H groups in total. The van der Waals surface area contributed by atoms with Crippen LogP contribution >= 0.6 is 0 Å². The number of benzene rings is 2. The molecule has 34 heavy (non-hydrogen) atoms. The van der Waals surface area contributed by atoms with Gasteiger partial charge in [0.25, 0.3) is 5.91 Å². The molecule has 1 aliphatic rings. The number of rotatable bonds is 7. The van der Waals surface area contributed by atoms with E-state index in [2.05, 4.69) is 10.1 Å². The van der Waals surface area contributed by atoms with Crippen LogP contribution in [-0.2, 0) is 22.6 Å². The van der Waals surface area contributed by atoms with Crippen molar-refractivity contribution in [3.05, 3.63) is 71.2 Å². The summed E-state index contributed by atoms with van der Waals surface area (Å²) >= 11 is 0. The van der Waals surface area contributed by atoms with Crippen molar-refractivity contribution >= 4 is 11.8 Å². The lowest BCUT2D eigenvalue weighted by Gasteiger charge is -2.40. The van der Waals surface area contributed by atoms with Gasteiger partial charge in [0.2, 0.25) is 12.3 Å². The maximum Gasteiger partial charge on any atom is 0.573 e. The number of aliphatic hydroxyl groups excluding tert-OH is 1. The minimum absolute atomic E-state index is 0.0117. The van der Waals surface area contributed by atoms with Gasteiger partial charge < -0.3 is 30.5 Å². The number of hydrogen-bond acceptors (Lipinski definition) is 7. The third kappa shape index (κ3) is 5.90. The number of aliphatic hydroxyl groups is 1. The van der Waals surface area contributed by atoms with Crippen LogP contribution in [0.25, 0.3) is 0 Å². The third-order valence-electron chi connectivity index (χ3n) is 5.01. The molecule has 1 heterocycles. The van der Waals surface area contributed by atoms with Crippen molar-refractivity contribution in [3.8, 4) is 11.5 Å². The smallest absolute Gasteiger partial charge is 0.497 e. The highest BCUT2D eigenvalue weighted by molar-refractivity contribution is 5.99. The van der Waals surface area contributed by atoms with Gasteiger partial charge in [-0.1, -0.05) is 24.3 Å². The Hall–Kier alpha value is -3.93. The van der Waals surface area contributed by atoms with Gasteiger partial charge in [-0.25, -0.2) is 0 Å². The van der Waals surface area contributed by atoms with Gasteiger partial charge in [-0.15, -0.1) is 13.2 Å². The molecule has 1 unspecified atom stereocenters. The van der Waals surface area contributed by atoms with Crippen LogP contribution in [0, 0.1) is 0 Å². The Morgan fingerprint density at radius 3 is 2.44 bits per heavy atom. The first-order valence-electron chi connectivity index (χ1n) is 9.97. The number of alkyl halides is 3. The van der Waals surface area contributed by atoms with E-state index in [0.29, 0.717) is 11.3 Å². The Kier molecular flexibility index (Phi) is 7.20. The molecule has 9 nitrogen and oxygen atoms in total. The highest BCUT2D eigenvalue weighted by Crippen LogP contribution is 2.24. The Morgan fingerprint density at radius 2 is 1.82 bits per heavy atom. The molecule has 2 aromatic rings. The van der Waals surface area contributed by atoms with Crippen LogP contribution in [-0.4, -0.2) is 53.6 Å². The SMILES string of the molecule is COc1ccc(CN2C(=O)C(NC(=O)Cc3cccc(OC(F)(F)F)c3)=C(N)N(C)C2O)cc1. The predicted octanol–water partition coefficient (Wildman–Crippen LogP) is 1.63. The summed E-state index contributed by atoms with van der Waals surface area (Å²) in [7, 11) is 2.96. The second kappa shape index (κ2) is 9.91. The predicted molar refractivity (Wildman–Crippen MR) is 113 cm³/mol. The van der Waals surface area contributed by atoms with Crippen LogP contribution in [0.15, 0.2) is 60.0 Å². The van der Waals surface area contributed by atoms with Crippen molar-refractivity contribution in [1.29, 1.82) is 0 Å². The average molecular weight is 480 g/mol. The minimum atomic E-state index is -4.87. The van der Waals surface area contributed by atoms with Crippen LogP contribution in [0.5, 0.6) is 11.5 Å². The van der Waals surface area contributed by atoms with Crippen molar-refractivity contribution in [2.45, 2.75) is 25.7 Å². The molecule has 1 atom stereocenters. The highest BCUT2D eigenvalue weighted by Gasteiger charge is 2.37. The summed E-state index contributed by atoms with van der Waals surface area (Å²) in [4.78, 5) is 27.9. The number of carbonyl (C=O) groups is 2. The first kappa shape index (κ1) is 24.7. The molecule has 0 aromatic heterocycles. The molecule has 0 bridgehead atoms. The fourth-order valence-corrected chi connectivity index (χ4v) is 3.29. The molecule has 0 saturated carbocycles. The van der Waals surface area contributed by atoms with Gasteiger partial charge in [0.05, 0.1) is 20.1 Å². The van der Waals surface area contributed by atoms with Gasteiger partial charge in [0, 0.05) is 7.05 Å². The molecule has 1 aliphatic heterocycles. The van der Waals surface area contributed by atoms with Gasteiger partial charge >= 0.3 is 6.36 Å². The van der Waals surface area contributed by atoms with E-state index in [1.807, 2.05) is 0 Å². The van der Waals surface area contributed by atoms with Gasteiger partial charge in [-0.05, 0) is 35.4 Å². The largest absolute Gasteiger partial charge is 0.573 e. The van der Waals surface area contributed by atoms with Crippen molar-refractivity contribution in [3.63, 3.8) is 0 Å². The van der Waals surface area contributed by atoms with E-state index in [1.54, 1.807) is 24.3 Å². The lowest BCUT2D eigenvalue weighted by molar-refractivity contribution is -0.274. The number of nitrogens with two attached hydrogens (primary N) is 1. The highest BCUT2D eigenvalue weighted by atomic mass is 19.4. The van der Waals surface area contributed by atoms with Crippen molar-refractivity contribution in [2.75, 3.05) is 14.2 Å². The van der Waals surface area contributed by atoms with Crippen LogP contribution < -0.4 is 20.5 Å². The lowest BCUT2D eigenvalue weighted by Crippen LogP contribution is -2.57. The molecule has 0 aliphatic carbocycles. The summed E-state index contributed by atoms with van der Waals surface area (Å²) in [5.41, 5.74) is 6.61. The first-order valence-corrected chi connectivity index (χ1v) is 9.97. The molecule has 0 saturated heterocycles.